The molecule has 3 aromatic carbocycles. The Labute approximate surface area is 267 Å². The zero-order valence-corrected chi connectivity index (χ0v) is 28.1. The van der Waals surface area contributed by atoms with Crippen molar-refractivity contribution < 1.29 is 4.63 Å². The molecule has 0 bridgehead atoms. The van der Waals surface area contributed by atoms with Crippen LogP contribution in [-0.4, -0.2) is 10.3 Å². The molecule has 236 valence electrons. The third-order valence-electron chi connectivity index (χ3n) is 10.4. The first-order valence-corrected chi connectivity index (χ1v) is 18.1. The molecule has 5 rings (SSSR count). The Hall–Kier alpha value is -2.94. The van der Waals surface area contributed by atoms with Crippen molar-refractivity contribution in [2.24, 2.45) is 0 Å². The largest absolute Gasteiger partial charge is 0.243 e. The Morgan fingerprint density at radius 1 is 0.523 bits per heavy atom. The minimum Gasteiger partial charge on any atom is -0.243 e. The first kappa shape index (κ1) is 32.5. The smallest absolute Gasteiger partial charge is 0.143 e. The predicted octanol–water partition coefficient (Wildman–Crippen LogP) is 12.8. The molecule has 1 aliphatic rings. The topological polar surface area (TPSA) is 38.9 Å². The summed E-state index contributed by atoms with van der Waals surface area (Å²) in [5, 5.41) is 8.57. The molecule has 3 nitrogen and oxygen atoms in total. The van der Waals surface area contributed by atoms with E-state index >= 15 is 0 Å². The fourth-order valence-electron chi connectivity index (χ4n) is 7.78. The average molecular weight is 593 g/mol. The summed E-state index contributed by atoms with van der Waals surface area (Å²) in [5.41, 5.74) is 12.6. The van der Waals surface area contributed by atoms with Crippen molar-refractivity contribution in [2.75, 3.05) is 0 Å². The molecule has 1 aromatic heterocycles. The molecule has 0 atom stereocenters. The van der Waals surface area contributed by atoms with Crippen LogP contribution in [0, 0.1) is 13.8 Å². The molecule has 0 saturated heterocycles. The quantitative estimate of drug-likeness (QED) is 0.102. The Balaban J connectivity index is 1.44. The van der Waals surface area contributed by atoms with Crippen LogP contribution >= 0.6 is 0 Å². The molecule has 0 fully saturated rings. The van der Waals surface area contributed by atoms with Crippen molar-refractivity contribution in [1.29, 1.82) is 0 Å². The molecule has 0 saturated carbocycles. The summed E-state index contributed by atoms with van der Waals surface area (Å²) in [7, 11) is 0. The van der Waals surface area contributed by atoms with Gasteiger partial charge in [0.15, 0.2) is 0 Å². The van der Waals surface area contributed by atoms with E-state index < -0.39 is 0 Å². The van der Waals surface area contributed by atoms with Gasteiger partial charge in [-0.05, 0) is 76.4 Å². The van der Waals surface area contributed by atoms with Crippen molar-refractivity contribution in [3.8, 4) is 22.3 Å². The second kappa shape index (κ2) is 15.9. The van der Waals surface area contributed by atoms with Crippen LogP contribution in [0.3, 0.4) is 0 Å². The van der Waals surface area contributed by atoms with Gasteiger partial charge in [-0.15, -0.1) is 0 Å². The highest BCUT2D eigenvalue weighted by atomic mass is 16.6. The van der Waals surface area contributed by atoms with E-state index in [2.05, 4.69) is 86.5 Å². The van der Waals surface area contributed by atoms with E-state index in [4.69, 9.17) is 4.63 Å². The molecule has 0 aliphatic heterocycles. The van der Waals surface area contributed by atoms with Gasteiger partial charge < -0.3 is 0 Å². The van der Waals surface area contributed by atoms with Crippen LogP contribution in [0.1, 0.15) is 152 Å². The van der Waals surface area contributed by atoms with Gasteiger partial charge in [-0.25, -0.2) is 4.63 Å². The molecule has 44 heavy (non-hydrogen) atoms. The number of unbranched alkanes of at least 4 members (excludes halogenated alkanes) is 14. The summed E-state index contributed by atoms with van der Waals surface area (Å²) in [4.78, 5) is 0. The lowest BCUT2D eigenvalue weighted by molar-refractivity contribution is 0.315. The highest BCUT2D eigenvalue weighted by Crippen LogP contribution is 2.55. The maximum atomic E-state index is 5.22. The number of hydrogen-bond acceptors (Lipinski definition) is 3. The third kappa shape index (κ3) is 7.30. The third-order valence-corrected chi connectivity index (χ3v) is 10.4. The second-order valence-corrected chi connectivity index (χ2v) is 13.7. The van der Waals surface area contributed by atoms with Crippen molar-refractivity contribution >= 4 is 11.0 Å². The predicted molar refractivity (Wildman–Crippen MR) is 187 cm³/mol. The molecule has 1 heterocycles. The van der Waals surface area contributed by atoms with Crippen LogP contribution < -0.4 is 0 Å². The molecule has 3 heteroatoms. The van der Waals surface area contributed by atoms with Gasteiger partial charge in [0.25, 0.3) is 0 Å². The van der Waals surface area contributed by atoms with Crippen molar-refractivity contribution in [1.82, 2.24) is 10.3 Å². The molecule has 0 spiro atoms. The molecule has 4 aromatic rings. The molecule has 0 N–H and O–H groups in total. The molecular formula is C41H56N2O. The summed E-state index contributed by atoms with van der Waals surface area (Å²) in [6.07, 6.45) is 24.2. The second-order valence-electron chi connectivity index (χ2n) is 13.7. The van der Waals surface area contributed by atoms with E-state index in [0.29, 0.717) is 0 Å². The number of rotatable bonds is 19. The first-order chi connectivity index (χ1) is 21.6. The van der Waals surface area contributed by atoms with E-state index in [1.165, 1.54) is 143 Å². The number of fused-ring (bicyclic) bond motifs is 4. The fourth-order valence-corrected chi connectivity index (χ4v) is 7.78. The standard InChI is InChI=1S/C41H56N2O/c1-5-7-9-11-13-15-17-19-27-41(28-20-18-16-14-12-10-8-6-2)37-29-31(3)21-24-35(37)36-26-23-33(30-38(36)41)34-25-22-32(4)39-40(34)43-44-42-39/h21-26,29-30H,5-20,27-28H2,1-4H3. The monoisotopic (exact) mass is 592 g/mol. The summed E-state index contributed by atoms with van der Waals surface area (Å²) >= 11 is 0. The van der Waals surface area contributed by atoms with Gasteiger partial charge in [-0.2, -0.15) is 0 Å². The number of hydrogen-bond donors (Lipinski definition) is 0. The number of aryl methyl sites for hydroxylation is 2. The van der Waals surface area contributed by atoms with Crippen molar-refractivity contribution in [3.63, 3.8) is 0 Å². The van der Waals surface area contributed by atoms with Crippen LogP contribution in [0.2, 0.25) is 0 Å². The lowest BCUT2D eigenvalue weighted by Gasteiger charge is -2.33. The minimum absolute atomic E-state index is 0.0724. The van der Waals surface area contributed by atoms with Crippen LogP contribution in [0.15, 0.2) is 53.2 Å². The SMILES string of the molecule is CCCCCCCCCCC1(CCCCCCCCCC)c2cc(C)ccc2-c2ccc(-c3ccc(C)c4nonc34)cc21. The zero-order chi connectivity index (χ0) is 30.8. The molecule has 0 unspecified atom stereocenters. The molecule has 1 aliphatic carbocycles. The minimum atomic E-state index is 0.0724. The van der Waals surface area contributed by atoms with Crippen LogP contribution in [0.25, 0.3) is 33.3 Å². The van der Waals surface area contributed by atoms with E-state index in [-0.39, 0.29) is 5.41 Å². The summed E-state index contributed by atoms with van der Waals surface area (Å²) in [5.74, 6) is 0. The van der Waals surface area contributed by atoms with Gasteiger partial charge >= 0.3 is 0 Å². The first-order valence-electron chi connectivity index (χ1n) is 18.1. The maximum absolute atomic E-state index is 5.22. The molecule has 0 radical (unpaired) electrons. The van der Waals surface area contributed by atoms with Gasteiger partial charge in [0, 0.05) is 11.0 Å². The van der Waals surface area contributed by atoms with E-state index in [9.17, 15) is 0 Å². The number of nitrogens with zero attached hydrogens (tertiary/aromatic N) is 2. The Kier molecular flexibility index (Phi) is 11.7. The Morgan fingerprint density at radius 2 is 1.02 bits per heavy atom. The lowest BCUT2D eigenvalue weighted by atomic mass is 9.70. The van der Waals surface area contributed by atoms with Gasteiger partial charge in [-0.3, -0.25) is 0 Å². The average Bonchev–Trinajstić information content (AvgIpc) is 3.63. The van der Waals surface area contributed by atoms with Crippen LogP contribution in [0.4, 0.5) is 0 Å². The summed E-state index contributed by atoms with van der Waals surface area (Å²) < 4.78 is 5.22. The van der Waals surface area contributed by atoms with Gasteiger partial charge in [0.05, 0.1) is 0 Å². The highest BCUT2D eigenvalue weighted by molar-refractivity contribution is 5.94. The van der Waals surface area contributed by atoms with Gasteiger partial charge in [0.2, 0.25) is 0 Å². The van der Waals surface area contributed by atoms with E-state index in [1.807, 2.05) is 0 Å². The van der Waals surface area contributed by atoms with Gasteiger partial charge in [-0.1, -0.05) is 165 Å². The normalized spacial score (nSPS) is 13.5. The lowest BCUT2D eigenvalue weighted by Crippen LogP contribution is -2.25. The Morgan fingerprint density at radius 3 is 1.64 bits per heavy atom. The van der Waals surface area contributed by atoms with E-state index in [1.54, 1.807) is 5.56 Å². The maximum Gasteiger partial charge on any atom is 0.143 e. The fraction of sp³-hybridized carbons (Fsp3) is 0.561. The van der Waals surface area contributed by atoms with Crippen molar-refractivity contribution in [3.05, 3.63) is 70.8 Å². The van der Waals surface area contributed by atoms with Gasteiger partial charge in [0.1, 0.15) is 11.0 Å². The summed E-state index contributed by atoms with van der Waals surface area (Å²) in [6.45, 7) is 8.96. The number of benzene rings is 3. The zero-order valence-electron chi connectivity index (χ0n) is 28.1. The van der Waals surface area contributed by atoms with Crippen LogP contribution in [-0.2, 0) is 5.41 Å². The van der Waals surface area contributed by atoms with E-state index in [0.717, 1.165) is 22.2 Å². The van der Waals surface area contributed by atoms with Crippen molar-refractivity contribution in [2.45, 2.75) is 149 Å². The molecule has 0 amide bonds. The molecular weight excluding hydrogens is 536 g/mol. The Bertz CT molecular complexity index is 1460. The number of aromatic nitrogens is 2. The summed E-state index contributed by atoms with van der Waals surface area (Å²) in [6, 6.07) is 18.8. The highest BCUT2D eigenvalue weighted by Gasteiger charge is 2.42. The van der Waals surface area contributed by atoms with Crippen LogP contribution in [0.5, 0.6) is 0 Å².